The van der Waals surface area contributed by atoms with E-state index in [1.165, 1.54) is 0 Å². The molecule has 4 aromatic rings. The molecule has 3 unspecified atom stereocenters. The third-order valence-corrected chi connectivity index (χ3v) is 8.65. The maximum Gasteiger partial charge on any atom is 0.274 e. The molecular formula is C32H36ClN3O8. The van der Waals surface area contributed by atoms with Gasteiger partial charge in [-0.15, -0.1) is 11.6 Å². The first-order chi connectivity index (χ1) is 21.2. The molecule has 0 spiro atoms. The number of H-pyrrole nitrogens is 1. The van der Waals surface area contributed by atoms with Gasteiger partial charge in [0.2, 0.25) is 6.29 Å². The fraction of sp³-hybridized carbons (Fsp3) is 0.406. The van der Waals surface area contributed by atoms with Crippen molar-refractivity contribution < 1.29 is 39.4 Å². The van der Waals surface area contributed by atoms with Crippen molar-refractivity contribution in [2.75, 3.05) is 51.2 Å². The molecule has 0 saturated carbocycles. The number of aromatic nitrogens is 1. The number of aromatic amines is 1. The predicted molar refractivity (Wildman–Crippen MR) is 166 cm³/mol. The smallest absolute Gasteiger partial charge is 0.274 e. The molecule has 0 radical (unpaired) electrons. The number of nitrogens with one attached hydrogen (secondary N) is 1. The summed E-state index contributed by atoms with van der Waals surface area (Å²) in [5.74, 6) is 0.899. The number of ether oxygens (including phenoxy) is 3. The average molecular weight is 626 g/mol. The number of rotatable bonds is 9. The molecule has 1 aromatic heterocycles. The first kappa shape index (κ1) is 30.6. The molecule has 6 rings (SSSR count). The van der Waals surface area contributed by atoms with Crippen molar-refractivity contribution in [3.05, 3.63) is 65.9 Å². The topological polar surface area (TPSA) is 148 Å². The summed E-state index contributed by atoms with van der Waals surface area (Å²) >= 11 is 6.45. The molecule has 234 valence electrons. The van der Waals surface area contributed by atoms with Gasteiger partial charge in [0, 0.05) is 47.2 Å². The summed E-state index contributed by atoms with van der Waals surface area (Å²) in [6, 6.07) is 16.7. The minimum Gasteiger partial charge on any atom is -0.492 e. The molecule has 1 fully saturated rings. The Hall–Kier alpha value is -3.42. The molecule has 3 heterocycles. The Balaban J connectivity index is 1.34. The van der Waals surface area contributed by atoms with Crippen molar-refractivity contribution in [2.45, 2.75) is 36.6 Å². The second kappa shape index (κ2) is 12.5. The van der Waals surface area contributed by atoms with E-state index in [1.807, 2.05) is 61.5 Å². The number of halogens is 1. The number of aliphatic hydroxyl groups is 4. The van der Waals surface area contributed by atoms with E-state index < -0.39 is 37.3 Å². The summed E-state index contributed by atoms with van der Waals surface area (Å²) in [7, 11) is 3.96. The van der Waals surface area contributed by atoms with E-state index in [4.69, 9.17) is 25.8 Å². The van der Waals surface area contributed by atoms with Gasteiger partial charge in [-0.3, -0.25) is 4.79 Å². The second-order valence-electron chi connectivity index (χ2n) is 11.5. The first-order valence-corrected chi connectivity index (χ1v) is 15.0. The van der Waals surface area contributed by atoms with E-state index in [1.54, 1.807) is 17.0 Å². The standard InChI is InChI=1S/C32H36ClN3O8/c1-35(2)9-10-42-19-7-8-22-17(11-19)12-23(34-22)31(41)36-15-18(14-33)27-21-6-4-3-5-20(21)25(13-24(27)36)43-32-30(40)29(39)28(38)26(16-37)44-32/h3-8,11-13,18,26,28-30,32,34,37-40H,9-10,14-16H2,1-2H3/t18-,26?,28+,29?,30?,32-/m1/s1. The maximum absolute atomic E-state index is 14.0. The number of carbonyl (C=O) groups excluding carboxylic acids is 1. The van der Waals surface area contributed by atoms with Crippen molar-refractivity contribution in [1.82, 2.24) is 9.88 Å². The highest BCUT2D eigenvalue weighted by Crippen LogP contribution is 2.46. The lowest BCUT2D eigenvalue weighted by molar-refractivity contribution is -0.277. The Morgan fingerprint density at radius 1 is 1.07 bits per heavy atom. The quantitative estimate of drug-likeness (QED) is 0.177. The van der Waals surface area contributed by atoms with E-state index in [9.17, 15) is 25.2 Å². The third kappa shape index (κ3) is 5.61. The SMILES string of the molecule is CN(C)CCOc1ccc2[nH]c(C(=O)N3C[C@@H](CCl)c4c3cc(O[C@@H]3OC(CO)[C@H](O)C(O)C3O)c3ccccc43)cc2c1. The van der Waals surface area contributed by atoms with E-state index in [2.05, 4.69) is 4.98 Å². The minimum atomic E-state index is -1.59. The van der Waals surface area contributed by atoms with E-state index in [-0.39, 0.29) is 17.7 Å². The largest absolute Gasteiger partial charge is 0.492 e. The number of nitrogens with zero attached hydrogens (tertiary/aromatic N) is 2. The Morgan fingerprint density at radius 3 is 2.57 bits per heavy atom. The number of amides is 1. The highest BCUT2D eigenvalue weighted by Gasteiger charge is 2.45. The zero-order chi connectivity index (χ0) is 31.1. The summed E-state index contributed by atoms with van der Waals surface area (Å²) in [5, 5.41) is 43.1. The van der Waals surface area contributed by atoms with E-state index in [0.29, 0.717) is 41.4 Å². The number of carbonyl (C=O) groups is 1. The van der Waals surface area contributed by atoms with Crippen LogP contribution in [0, 0.1) is 0 Å². The molecule has 2 aliphatic rings. The van der Waals surface area contributed by atoms with Crippen LogP contribution in [0.15, 0.2) is 54.6 Å². The number of hydrogen-bond donors (Lipinski definition) is 5. The van der Waals surface area contributed by atoms with Crippen molar-refractivity contribution in [1.29, 1.82) is 0 Å². The first-order valence-electron chi connectivity index (χ1n) is 14.5. The summed E-state index contributed by atoms with van der Waals surface area (Å²) in [4.78, 5) is 21.0. The monoisotopic (exact) mass is 625 g/mol. The number of alkyl halides is 1. The molecule has 2 aliphatic heterocycles. The lowest BCUT2D eigenvalue weighted by Gasteiger charge is -2.39. The molecule has 1 saturated heterocycles. The van der Waals surface area contributed by atoms with Crippen LogP contribution in [0.5, 0.6) is 11.5 Å². The van der Waals surface area contributed by atoms with Crippen LogP contribution in [0.4, 0.5) is 5.69 Å². The highest BCUT2D eigenvalue weighted by molar-refractivity contribution is 6.19. The van der Waals surface area contributed by atoms with Gasteiger partial charge in [-0.05, 0) is 49.3 Å². The second-order valence-corrected chi connectivity index (χ2v) is 11.8. The van der Waals surface area contributed by atoms with Crippen LogP contribution in [0.1, 0.15) is 22.0 Å². The zero-order valence-corrected chi connectivity index (χ0v) is 25.1. The van der Waals surface area contributed by atoms with Gasteiger partial charge in [-0.1, -0.05) is 24.3 Å². The lowest BCUT2D eigenvalue weighted by Crippen LogP contribution is -2.60. The highest BCUT2D eigenvalue weighted by atomic mass is 35.5. The molecule has 44 heavy (non-hydrogen) atoms. The van der Waals surface area contributed by atoms with Gasteiger partial charge in [0.05, 0.1) is 12.3 Å². The van der Waals surface area contributed by atoms with Gasteiger partial charge in [0.15, 0.2) is 0 Å². The van der Waals surface area contributed by atoms with Crippen LogP contribution in [-0.4, -0.2) is 113 Å². The van der Waals surface area contributed by atoms with Gasteiger partial charge in [0.25, 0.3) is 5.91 Å². The predicted octanol–water partition coefficient (Wildman–Crippen LogP) is 2.42. The van der Waals surface area contributed by atoms with Gasteiger partial charge in [-0.2, -0.15) is 0 Å². The summed E-state index contributed by atoms with van der Waals surface area (Å²) in [5.41, 5.74) is 2.70. The number of likely N-dealkylation sites (N-methyl/N-ethyl adjacent to an activating group) is 1. The normalized spacial score (nSPS) is 25.1. The molecule has 6 atom stereocenters. The van der Waals surface area contributed by atoms with Gasteiger partial charge in [-0.25, -0.2) is 0 Å². The fourth-order valence-corrected chi connectivity index (χ4v) is 6.18. The van der Waals surface area contributed by atoms with Crippen molar-refractivity contribution >= 4 is 44.9 Å². The van der Waals surface area contributed by atoms with Crippen LogP contribution in [0.2, 0.25) is 0 Å². The van der Waals surface area contributed by atoms with Crippen LogP contribution in [0.25, 0.3) is 21.7 Å². The number of benzene rings is 3. The molecule has 12 heteroatoms. The van der Waals surface area contributed by atoms with Gasteiger partial charge in [0.1, 0.15) is 48.2 Å². The molecule has 5 N–H and O–H groups in total. The Kier molecular flexibility index (Phi) is 8.71. The number of aliphatic hydroxyl groups excluding tert-OH is 4. The Morgan fingerprint density at radius 2 is 1.84 bits per heavy atom. The molecular weight excluding hydrogens is 590 g/mol. The number of hydrogen-bond acceptors (Lipinski definition) is 9. The Labute approximate surface area is 259 Å². The van der Waals surface area contributed by atoms with Crippen LogP contribution < -0.4 is 14.4 Å². The van der Waals surface area contributed by atoms with E-state index in [0.717, 1.165) is 28.4 Å². The van der Waals surface area contributed by atoms with Crippen LogP contribution in [-0.2, 0) is 4.74 Å². The maximum atomic E-state index is 14.0. The van der Waals surface area contributed by atoms with Crippen molar-refractivity contribution in [3.8, 4) is 11.5 Å². The fourth-order valence-electron chi connectivity index (χ4n) is 5.93. The van der Waals surface area contributed by atoms with Crippen LogP contribution >= 0.6 is 11.6 Å². The molecule has 1 amide bonds. The number of anilines is 1. The van der Waals surface area contributed by atoms with E-state index >= 15 is 0 Å². The Bertz CT molecular complexity index is 1660. The minimum absolute atomic E-state index is 0.150. The molecule has 3 aromatic carbocycles. The lowest BCUT2D eigenvalue weighted by atomic mass is 9.95. The van der Waals surface area contributed by atoms with Gasteiger partial charge >= 0.3 is 0 Å². The van der Waals surface area contributed by atoms with Gasteiger partial charge < -0.3 is 49.4 Å². The summed E-state index contributed by atoms with van der Waals surface area (Å²) in [6.07, 6.45) is -7.20. The molecule has 0 aliphatic carbocycles. The average Bonchev–Trinajstić information content (AvgIpc) is 3.62. The van der Waals surface area contributed by atoms with Crippen LogP contribution in [0.3, 0.4) is 0 Å². The van der Waals surface area contributed by atoms with Crippen molar-refractivity contribution in [3.63, 3.8) is 0 Å². The zero-order valence-electron chi connectivity index (χ0n) is 24.4. The summed E-state index contributed by atoms with van der Waals surface area (Å²) < 4.78 is 17.6. The molecule has 11 nitrogen and oxygen atoms in total. The molecule has 0 bridgehead atoms. The van der Waals surface area contributed by atoms with Crippen molar-refractivity contribution in [2.24, 2.45) is 0 Å². The number of fused-ring (bicyclic) bond motifs is 4. The third-order valence-electron chi connectivity index (χ3n) is 8.28. The summed E-state index contributed by atoms with van der Waals surface area (Å²) in [6.45, 7) is 1.09.